The van der Waals surface area contributed by atoms with Gasteiger partial charge in [0.2, 0.25) is 0 Å². The van der Waals surface area contributed by atoms with Crippen LogP contribution in [0.25, 0.3) is 22.4 Å². The highest BCUT2D eigenvalue weighted by atomic mass is 16.2. The van der Waals surface area contributed by atoms with Gasteiger partial charge in [-0.25, -0.2) is 9.67 Å². The van der Waals surface area contributed by atoms with E-state index in [1.54, 1.807) is 0 Å². The molecule has 2 N–H and O–H groups in total. The first kappa shape index (κ1) is 18.7. The number of hydrogen-bond acceptors (Lipinski definition) is 4. The number of hydrogen-bond donors (Lipinski definition) is 2. The van der Waals surface area contributed by atoms with Gasteiger partial charge < -0.3 is 9.97 Å². The van der Waals surface area contributed by atoms with Crippen molar-refractivity contribution in [2.45, 2.75) is 58.9 Å². The van der Waals surface area contributed by atoms with Gasteiger partial charge in [0.15, 0.2) is 11.6 Å². The van der Waals surface area contributed by atoms with E-state index in [4.69, 9.17) is 10.1 Å². The summed E-state index contributed by atoms with van der Waals surface area (Å²) in [6.07, 6.45) is 5.52. The molecule has 0 spiro atoms. The Bertz CT molecular complexity index is 1110. The van der Waals surface area contributed by atoms with Crippen LogP contribution in [0.5, 0.6) is 0 Å². The van der Waals surface area contributed by atoms with Gasteiger partial charge in [0, 0.05) is 12.0 Å². The third-order valence-electron chi connectivity index (χ3n) is 5.50. The van der Waals surface area contributed by atoms with Crippen molar-refractivity contribution in [2.24, 2.45) is 11.8 Å². The topological polar surface area (TPSA) is 96.4 Å². The summed E-state index contributed by atoms with van der Waals surface area (Å²) in [6.45, 7) is 6.63. The molecule has 28 heavy (non-hydrogen) atoms. The van der Waals surface area contributed by atoms with Crippen molar-refractivity contribution in [3.05, 3.63) is 44.7 Å². The largest absolute Gasteiger partial charge is 0.316 e. The zero-order valence-corrected chi connectivity index (χ0v) is 16.7. The molecule has 2 aromatic heterocycles. The van der Waals surface area contributed by atoms with Crippen LogP contribution >= 0.6 is 0 Å². The quantitative estimate of drug-likeness (QED) is 0.677. The lowest BCUT2D eigenvalue weighted by molar-refractivity contribution is 0.267. The Balaban J connectivity index is 1.82. The Morgan fingerprint density at radius 3 is 2.61 bits per heavy atom. The molecular weight excluding hydrogens is 354 g/mol. The summed E-state index contributed by atoms with van der Waals surface area (Å²) in [5.74, 6) is 2.86. The minimum absolute atomic E-state index is 0.345. The number of fused-ring (bicyclic) bond motifs is 1. The molecule has 0 amide bonds. The maximum atomic E-state index is 11.7. The number of rotatable bonds is 4. The van der Waals surface area contributed by atoms with Gasteiger partial charge >= 0.3 is 11.1 Å². The minimum Gasteiger partial charge on any atom is -0.316 e. The molecule has 1 saturated carbocycles. The lowest BCUT2D eigenvalue weighted by Crippen LogP contribution is -2.28. The van der Waals surface area contributed by atoms with Gasteiger partial charge in [-0.15, -0.1) is 0 Å². The second kappa shape index (κ2) is 7.37. The number of nitrogens with one attached hydrogen (secondary N) is 2. The summed E-state index contributed by atoms with van der Waals surface area (Å²) in [4.78, 5) is 33.4. The van der Waals surface area contributed by atoms with Crippen molar-refractivity contribution >= 4 is 11.0 Å². The van der Waals surface area contributed by atoms with E-state index in [1.165, 1.54) is 12.8 Å². The van der Waals surface area contributed by atoms with Crippen LogP contribution < -0.4 is 11.1 Å². The Hall–Kier alpha value is -2.70. The van der Waals surface area contributed by atoms with Gasteiger partial charge in [0.25, 0.3) is 0 Å². The molecule has 7 nitrogen and oxygen atoms in total. The molecule has 7 heteroatoms. The van der Waals surface area contributed by atoms with Crippen molar-refractivity contribution in [1.29, 1.82) is 0 Å². The third-order valence-corrected chi connectivity index (χ3v) is 5.50. The molecule has 0 bridgehead atoms. The Kier molecular flexibility index (Phi) is 4.91. The molecule has 0 saturated heterocycles. The molecule has 3 aromatic rings. The van der Waals surface area contributed by atoms with E-state index in [0.29, 0.717) is 28.9 Å². The van der Waals surface area contributed by atoms with Crippen LogP contribution in [0.2, 0.25) is 0 Å². The van der Waals surface area contributed by atoms with Gasteiger partial charge in [-0.2, -0.15) is 5.10 Å². The second-order valence-corrected chi connectivity index (χ2v) is 8.49. The number of aromatic nitrogens is 5. The van der Waals surface area contributed by atoms with Crippen LogP contribution in [-0.2, 0) is 6.42 Å². The number of aromatic amines is 2. The molecule has 0 radical (unpaired) electrons. The number of nitrogens with zero attached hydrogens (tertiary/aromatic N) is 3. The van der Waals surface area contributed by atoms with E-state index in [1.807, 2.05) is 18.2 Å². The van der Waals surface area contributed by atoms with E-state index < -0.39 is 11.1 Å². The third kappa shape index (κ3) is 3.66. The Morgan fingerprint density at radius 2 is 1.89 bits per heavy atom. The van der Waals surface area contributed by atoms with Crippen molar-refractivity contribution < 1.29 is 0 Å². The molecular formula is C21H27N5O2. The Labute approximate surface area is 163 Å². The molecule has 1 aliphatic carbocycles. The summed E-state index contributed by atoms with van der Waals surface area (Å²) < 4.78 is 2.10. The molecule has 148 valence electrons. The first-order valence-corrected chi connectivity index (χ1v) is 10.1. The lowest BCUT2D eigenvalue weighted by Gasteiger charge is -2.27. The van der Waals surface area contributed by atoms with Crippen molar-refractivity contribution in [1.82, 2.24) is 24.7 Å². The van der Waals surface area contributed by atoms with Crippen LogP contribution in [0.4, 0.5) is 0 Å². The average molecular weight is 381 g/mol. The second-order valence-electron chi connectivity index (χ2n) is 8.49. The summed E-state index contributed by atoms with van der Waals surface area (Å²) in [6, 6.07) is 5.96. The minimum atomic E-state index is -0.646. The highest BCUT2D eigenvalue weighted by molar-refractivity contribution is 5.79. The first-order valence-electron chi connectivity index (χ1n) is 10.1. The normalized spacial score (nSPS) is 20.1. The number of H-pyrrole nitrogens is 2. The van der Waals surface area contributed by atoms with Crippen LogP contribution in [0.3, 0.4) is 0 Å². The summed E-state index contributed by atoms with van der Waals surface area (Å²) in [5, 5.41) is 4.87. The number of benzene rings is 1. The van der Waals surface area contributed by atoms with Gasteiger partial charge in [0.1, 0.15) is 0 Å². The highest BCUT2D eigenvalue weighted by Crippen LogP contribution is 2.35. The summed E-state index contributed by atoms with van der Waals surface area (Å²) in [5.41, 5.74) is 0.814. The fraction of sp³-hybridized carbons (Fsp3) is 0.524. The molecule has 4 rings (SSSR count). The van der Waals surface area contributed by atoms with Gasteiger partial charge in [-0.05, 0) is 42.9 Å². The van der Waals surface area contributed by atoms with E-state index in [2.05, 4.69) is 35.4 Å². The molecule has 1 aromatic carbocycles. The van der Waals surface area contributed by atoms with Crippen molar-refractivity contribution in [3.8, 4) is 11.4 Å². The van der Waals surface area contributed by atoms with Crippen LogP contribution in [0.15, 0.2) is 27.8 Å². The van der Waals surface area contributed by atoms with Crippen molar-refractivity contribution in [2.75, 3.05) is 0 Å². The fourth-order valence-corrected chi connectivity index (χ4v) is 4.15. The fourth-order valence-electron chi connectivity index (χ4n) is 4.15. The first-order chi connectivity index (χ1) is 13.4. The van der Waals surface area contributed by atoms with Gasteiger partial charge in [-0.3, -0.25) is 9.59 Å². The zero-order chi connectivity index (χ0) is 19.8. The lowest BCUT2D eigenvalue weighted by atomic mass is 9.87. The predicted molar refractivity (Wildman–Crippen MR) is 109 cm³/mol. The average Bonchev–Trinajstić information content (AvgIpc) is 3.05. The smallest absolute Gasteiger partial charge is 0.314 e. The summed E-state index contributed by atoms with van der Waals surface area (Å²) in [7, 11) is 0. The Morgan fingerprint density at radius 1 is 1.14 bits per heavy atom. The van der Waals surface area contributed by atoms with Gasteiger partial charge in [-0.1, -0.05) is 33.6 Å². The maximum Gasteiger partial charge on any atom is 0.314 e. The molecule has 2 unspecified atom stereocenters. The van der Waals surface area contributed by atoms with E-state index >= 15 is 0 Å². The van der Waals surface area contributed by atoms with Crippen LogP contribution in [0, 0.1) is 11.8 Å². The predicted octanol–water partition coefficient (Wildman–Crippen LogP) is 3.42. The van der Waals surface area contributed by atoms with E-state index in [9.17, 15) is 9.59 Å². The SMILES string of the molecule is CC(C)Cc1nc(-c2ccc3[nH]c(=O)c(=O)[nH]c3c2)n(C2CCCC(C)C2)n1. The summed E-state index contributed by atoms with van der Waals surface area (Å²) >= 11 is 0. The molecule has 2 heterocycles. The van der Waals surface area contributed by atoms with Crippen LogP contribution in [-0.4, -0.2) is 24.7 Å². The molecule has 1 aliphatic rings. The van der Waals surface area contributed by atoms with Crippen LogP contribution in [0.1, 0.15) is 58.3 Å². The molecule has 2 atom stereocenters. The van der Waals surface area contributed by atoms with E-state index in [-0.39, 0.29) is 0 Å². The highest BCUT2D eigenvalue weighted by Gasteiger charge is 2.25. The molecule has 1 fully saturated rings. The zero-order valence-electron chi connectivity index (χ0n) is 16.7. The monoisotopic (exact) mass is 381 g/mol. The molecule has 0 aliphatic heterocycles. The van der Waals surface area contributed by atoms with E-state index in [0.717, 1.165) is 36.5 Å². The van der Waals surface area contributed by atoms with Crippen molar-refractivity contribution in [3.63, 3.8) is 0 Å². The standard InChI is InChI=1S/C21H27N5O2/c1-12(2)9-18-24-19(26(25-18)15-6-4-5-13(3)10-15)14-7-8-16-17(11-14)23-21(28)20(27)22-16/h7-8,11-13,15H,4-6,9-10H2,1-3H3,(H,22,27)(H,23,28). The van der Waals surface area contributed by atoms with Gasteiger partial charge in [0.05, 0.1) is 17.1 Å². The maximum absolute atomic E-state index is 11.7.